The molecular weight excluding hydrogens is 260 g/mol. The SMILES string of the molecule is CCOC(=O)CN(CC)C(=O)c1n[nH]c(C(C)C)c1N. The summed E-state index contributed by atoms with van der Waals surface area (Å²) >= 11 is 0. The third-order valence-electron chi connectivity index (χ3n) is 2.91. The number of nitrogens with one attached hydrogen (secondary N) is 1. The molecule has 0 aliphatic rings. The number of ether oxygens (including phenoxy) is 1. The molecule has 0 saturated carbocycles. The standard InChI is InChI=1S/C13H22N4O3/c1-5-17(7-9(18)20-6-2)13(19)12-10(14)11(8(3)4)15-16-12/h8H,5-7,14H2,1-4H3,(H,15,16). The van der Waals surface area contributed by atoms with Crippen molar-refractivity contribution in [3.05, 3.63) is 11.4 Å². The second-order valence-corrected chi connectivity index (χ2v) is 4.68. The zero-order valence-electron chi connectivity index (χ0n) is 12.4. The third-order valence-corrected chi connectivity index (χ3v) is 2.91. The highest BCUT2D eigenvalue weighted by Crippen LogP contribution is 2.23. The normalized spacial score (nSPS) is 10.7. The van der Waals surface area contributed by atoms with E-state index in [2.05, 4.69) is 10.2 Å². The molecule has 0 unspecified atom stereocenters. The van der Waals surface area contributed by atoms with Crippen molar-refractivity contribution in [2.24, 2.45) is 0 Å². The fourth-order valence-electron chi connectivity index (χ4n) is 1.81. The van der Waals surface area contributed by atoms with Crippen molar-refractivity contribution >= 4 is 17.6 Å². The minimum absolute atomic E-state index is 0.105. The number of rotatable bonds is 6. The smallest absolute Gasteiger partial charge is 0.325 e. The molecule has 0 bridgehead atoms. The number of hydrogen-bond acceptors (Lipinski definition) is 5. The molecule has 0 atom stereocenters. The van der Waals surface area contributed by atoms with Gasteiger partial charge >= 0.3 is 5.97 Å². The summed E-state index contributed by atoms with van der Waals surface area (Å²) in [4.78, 5) is 25.2. The first-order chi connectivity index (χ1) is 9.42. The van der Waals surface area contributed by atoms with E-state index in [-0.39, 0.29) is 30.7 Å². The van der Waals surface area contributed by atoms with Gasteiger partial charge in [0, 0.05) is 6.54 Å². The number of amides is 1. The number of nitrogens with zero attached hydrogens (tertiary/aromatic N) is 2. The molecule has 0 aromatic carbocycles. The van der Waals surface area contributed by atoms with Crippen molar-refractivity contribution in [1.29, 1.82) is 0 Å². The van der Waals surface area contributed by atoms with E-state index in [1.807, 2.05) is 13.8 Å². The summed E-state index contributed by atoms with van der Waals surface area (Å²) in [6.45, 7) is 7.96. The van der Waals surface area contributed by atoms with Crippen molar-refractivity contribution in [3.63, 3.8) is 0 Å². The maximum atomic E-state index is 12.3. The number of nitrogens with two attached hydrogens (primary N) is 1. The lowest BCUT2D eigenvalue weighted by Gasteiger charge is -2.18. The van der Waals surface area contributed by atoms with E-state index in [1.54, 1.807) is 13.8 Å². The number of esters is 1. The Labute approximate surface area is 118 Å². The monoisotopic (exact) mass is 282 g/mol. The molecule has 7 nitrogen and oxygen atoms in total. The lowest BCUT2D eigenvalue weighted by Crippen LogP contribution is -2.36. The molecule has 7 heteroatoms. The molecule has 1 rings (SSSR count). The quantitative estimate of drug-likeness (QED) is 0.762. The summed E-state index contributed by atoms with van der Waals surface area (Å²) < 4.78 is 4.84. The number of likely N-dealkylation sites (N-methyl/N-ethyl adjacent to an activating group) is 1. The predicted molar refractivity (Wildman–Crippen MR) is 75.3 cm³/mol. The number of nitrogen functional groups attached to an aromatic ring is 1. The highest BCUT2D eigenvalue weighted by atomic mass is 16.5. The summed E-state index contributed by atoms with van der Waals surface area (Å²) in [5.74, 6) is -0.675. The van der Waals surface area contributed by atoms with Gasteiger partial charge in [0.15, 0.2) is 5.69 Å². The van der Waals surface area contributed by atoms with E-state index in [9.17, 15) is 9.59 Å². The average molecular weight is 282 g/mol. The first-order valence-electron chi connectivity index (χ1n) is 6.70. The number of carbonyl (C=O) groups excluding carboxylic acids is 2. The first kappa shape index (κ1) is 16.0. The Kier molecular flexibility index (Phi) is 5.54. The molecule has 0 radical (unpaired) electrons. The van der Waals surface area contributed by atoms with Crippen LogP contribution in [0.4, 0.5) is 5.69 Å². The molecular formula is C13H22N4O3. The molecule has 0 spiro atoms. The highest BCUT2D eigenvalue weighted by molar-refractivity contribution is 5.99. The fourth-order valence-corrected chi connectivity index (χ4v) is 1.81. The molecule has 0 aliphatic carbocycles. The van der Waals surface area contributed by atoms with Crippen LogP contribution in [-0.2, 0) is 9.53 Å². The van der Waals surface area contributed by atoms with Gasteiger partial charge in [-0.15, -0.1) is 0 Å². The van der Waals surface area contributed by atoms with Crippen LogP contribution in [0.3, 0.4) is 0 Å². The number of anilines is 1. The third kappa shape index (κ3) is 3.49. The summed E-state index contributed by atoms with van der Waals surface area (Å²) in [6.07, 6.45) is 0. The maximum absolute atomic E-state index is 12.3. The molecule has 112 valence electrons. The lowest BCUT2D eigenvalue weighted by atomic mass is 10.1. The van der Waals surface area contributed by atoms with Crippen LogP contribution >= 0.6 is 0 Å². The predicted octanol–water partition coefficient (Wildman–Crippen LogP) is 1.14. The Balaban J connectivity index is 2.89. The van der Waals surface area contributed by atoms with Crippen LogP contribution in [0, 0.1) is 0 Å². The van der Waals surface area contributed by atoms with Crippen molar-refractivity contribution in [2.75, 3.05) is 25.4 Å². The maximum Gasteiger partial charge on any atom is 0.325 e. The van der Waals surface area contributed by atoms with Crippen LogP contribution in [-0.4, -0.2) is 46.7 Å². The van der Waals surface area contributed by atoms with E-state index in [0.29, 0.717) is 12.2 Å². The van der Waals surface area contributed by atoms with Gasteiger partial charge in [0.2, 0.25) is 0 Å². The zero-order valence-corrected chi connectivity index (χ0v) is 12.4. The Morgan fingerprint density at radius 1 is 1.40 bits per heavy atom. The highest BCUT2D eigenvalue weighted by Gasteiger charge is 2.24. The molecule has 0 fully saturated rings. The Morgan fingerprint density at radius 3 is 2.50 bits per heavy atom. The summed E-state index contributed by atoms with van der Waals surface area (Å²) in [5, 5.41) is 6.74. The van der Waals surface area contributed by atoms with Crippen LogP contribution in [0.15, 0.2) is 0 Å². The van der Waals surface area contributed by atoms with Crippen molar-refractivity contribution in [3.8, 4) is 0 Å². The van der Waals surface area contributed by atoms with Gasteiger partial charge < -0.3 is 15.4 Å². The van der Waals surface area contributed by atoms with E-state index in [4.69, 9.17) is 10.5 Å². The van der Waals surface area contributed by atoms with Gasteiger partial charge in [0.1, 0.15) is 6.54 Å². The molecule has 1 aromatic rings. The van der Waals surface area contributed by atoms with Gasteiger partial charge in [-0.05, 0) is 19.8 Å². The Morgan fingerprint density at radius 2 is 2.05 bits per heavy atom. The van der Waals surface area contributed by atoms with Gasteiger partial charge in [-0.2, -0.15) is 5.10 Å². The zero-order chi connectivity index (χ0) is 15.3. The molecule has 1 aromatic heterocycles. The number of carbonyl (C=O) groups is 2. The summed E-state index contributed by atoms with van der Waals surface area (Å²) in [6, 6.07) is 0. The van der Waals surface area contributed by atoms with Crippen LogP contribution in [0.25, 0.3) is 0 Å². The molecule has 20 heavy (non-hydrogen) atoms. The Bertz CT molecular complexity index is 482. The number of aromatic amines is 1. The van der Waals surface area contributed by atoms with Crippen molar-refractivity contribution in [1.82, 2.24) is 15.1 Å². The minimum atomic E-state index is -0.444. The summed E-state index contributed by atoms with van der Waals surface area (Å²) in [5.41, 5.74) is 7.15. The van der Waals surface area contributed by atoms with Crippen molar-refractivity contribution in [2.45, 2.75) is 33.6 Å². The van der Waals surface area contributed by atoms with Gasteiger partial charge in [0.05, 0.1) is 18.0 Å². The van der Waals surface area contributed by atoms with Crippen molar-refractivity contribution < 1.29 is 14.3 Å². The van der Waals surface area contributed by atoms with Gasteiger partial charge in [-0.3, -0.25) is 14.7 Å². The van der Waals surface area contributed by atoms with Gasteiger partial charge in [0.25, 0.3) is 5.91 Å². The minimum Gasteiger partial charge on any atom is -0.465 e. The first-order valence-corrected chi connectivity index (χ1v) is 6.70. The second-order valence-electron chi connectivity index (χ2n) is 4.68. The molecule has 1 amide bonds. The average Bonchev–Trinajstić information content (AvgIpc) is 2.77. The van der Waals surface area contributed by atoms with Gasteiger partial charge in [-0.1, -0.05) is 13.8 Å². The number of H-pyrrole nitrogens is 1. The molecule has 0 aliphatic heterocycles. The largest absolute Gasteiger partial charge is 0.465 e. The van der Waals surface area contributed by atoms with E-state index in [1.165, 1.54) is 4.90 Å². The molecule has 0 saturated heterocycles. The summed E-state index contributed by atoms with van der Waals surface area (Å²) in [7, 11) is 0. The van der Waals surface area contributed by atoms with Crippen LogP contribution in [0.5, 0.6) is 0 Å². The van der Waals surface area contributed by atoms with E-state index in [0.717, 1.165) is 5.69 Å². The number of aromatic nitrogens is 2. The topological polar surface area (TPSA) is 101 Å². The molecule has 1 heterocycles. The van der Waals surface area contributed by atoms with E-state index >= 15 is 0 Å². The molecule has 3 N–H and O–H groups in total. The van der Waals surface area contributed by atoms with E-state index < -0.39 is 5.97 Å². The number of hydrogen-bond donors (Lipinski definition) is 2. The van der Waals surface area contributed by atoms with Crippen LogP contribution < -0.4 is 5.73 Å². The van der Waals surface area contributed by atoms with Crippen LogP contribution in [0.2, 0.25) is 0 Å². The Hall–Kier alpha value is -2.05. The second kappa shape index (κ2) is 6.93. The van der Waals surface area contributed by atoms with Crippen LogP contribution in [0.1, 0.15) is 49.8 Å². The lowest BCUT2D eigenvalue weighted by molar-refractivity contribution is -0.143. The fraction of sp³-hybridized carbons (Fsp3) is 0.615. The van der Waals surface area contributed by atoms with Gasteiger partial charge in [-0.25, -0.2) is 0 Å².